The number of nitrogens with zero attached hydrogens (tertiary/aromatic N) is 5. The number of hydrogen-bond donors (Lipinski definition) is 2. The van der Waals surface area contributed by atoms with Crippen molar-refractivity contribution in [3.05, 3.63) is 70.2 Å². The molecule has 4 aromatic rings. The number of aromatic amines is 1. The Balaban J connectivity index is 1.69. The van der Waals surface area contributed by atoms with Crippen LogP contribution in [0.4, 0.5) is 17.2 Å². The van der Waals surface area contributed by atoms with Gasteiger partial charge in [-0.3, -0.25) is 0 Å². The van der Waals surface area contributed by atoms with Gasteiger partial charge in [0.2, 0.25) is 0 Å². The average molecular weight is 452 g/mol. The zero-order valence-electron chi connectivity index (χ0n) is 16.0. The van der Waals surface area contributed by atoms with E-state index >= 15 is 0 Å². The number of rotatable bonds is 4. The van der Waals surface area contributed by atoms with Crippen LogP contribution in [0.1, 0.15) is 17.4 Å². The van der Waals surface area contributed by atoms with Crippen molar-refractivity contribution in [1.82, 2.24) is 19.9 Å². The Kier molecular flexibility index (Phi) is 4.80. The highest BCUT2D eigenvalue weighted by molar-refractivity contribution is 6.34. The molecule has 3 N–H and O–H groups in total. The van der Waals surface area contributed by atoms with Gasteiger partial charge < -0.3 is 20.4 Å². The molecule has 0 saturated heterocycles. The van der Waals surface area contributed by atoms with E-state index in [1.165, 1.54) is 6.33 Å². The SMILES string of the molecule is Nc1nc(CC2=Nc3cccc(Cl)c3C(C=O)N2c2ccccc2Cl)nc2nc[nH]c12. The van der Waals surface area contributed by atoms with Crippen molar-refractivity contribution in [2.24, 2.45) is 4.99 Å². The summed E-state index contributed by atoms with van der Waals surface area (Å²) in [4.78, 5) is 34.8. The van der Waals surface area contributed by atoms with Crippen molar-refractivity contribution < 1.29 is 4.79 Å². The van der Waals surface area contributed by atoms with Crippen molar-refractivity contribution in [2.45, 2.75) is 12.5 Å². The standard InChI is InChI=1S/C21H15Cl2N7O/c22-11-4-1-2-7-14(11)30-15(9-31)18-12(23)5-3-6-13(18)27-17(30)8-16-28-20(24)19-21(29-16)26-10-25-19/h1-7,9-10,15H,8H2,(H3,24,25,26,28,29). The van der Waals surface area contributed by atoms with E-state index in [4.69, 9.17) is 33.9 Å². The lowest BCUT2D eigenvalue weighted by molar-refractivity contribution is -0.108. The summed E-state index contributed by atoms with van der Waals surface area (Å²) in [6.45, 7) is 0. The number of carbonyl (C=O) groups is 1. The van der Waals surface area contributed by atoms with E-state index in [1.54, 1.807) is 23.1 Å². The van der Waals surface area contributed by atoms with Crippen molar-refractivity contribution >= 4 is 63.7 Å². The van der Waals surface area contributed by atoms with E-state index < -0.39 is 6.04 Å². The van der Waals surface area contributed by atoms with Gasteiger partial charge in [0.1, 0.15) is 29.5 Å². The van der Waals surface area contributed by atoms with Crippen molar-refractivity contribution in [2.75, 3.05) is 10.6 Å². The van der Waals surface area contributed by atoms with Crippen LogP contribution >= 0.6 is 23.2 Å². The molecule has 1 unspecified atom stereocenters. The molecule has 0 bridgehead atoms. The Labute approximate surface area is 186 Å². The topological polar surface area (TPSA) is 113 Å². The third-order valence-corrected chi connectivity index (χ3v) is 5.70. The molecule has 1 atom stereocenters. The number of aromatic nitrogens is 4. The number of nitrogens with two attached hydrogens (primary N) is 1. The number of fused-ring (bicyclic) bond motifs is 2. The molecule has 8 nitrogen and oxygen atoms in total. The number of nitrogen functional groups attached to an aromatic ring is 1. The van der Waals surface area contributed by atoms with Crippen LogP contribution in [0, 0.1) is 0 Å². The van der Waals surface area contributed by atoms with Crippen LogP contribution < -0.4 is 10.6 Å². The molecule has 0 spiro atoms. The summed E-state index contributed by atoms with van der Waals surface area (Å²) in [5.74, 6) is 1.24. The van der Waals surface area contributed by atoms with Crippen LogP contribution in [-0.2, 0) is 11.2 Å². The molecule has 10 heteroatoms. The van der Waals surface area contributed by atoms with Gasteiger partial charge in [-0.2, -0.15) is 0 Å². The number of nitrogens with one attached hydrogen (secondary N) is 1. The van der Waals surface area contributed by atoms with E-state index in [-0.39, 0.29) is 12.2 Å². The van der Waals surface area contributed by atoms with Crippen LogP contribution in [0.25, 0.3) is 11.2 Å². The summed E-state index contributed by atoms with van der Waals surface area (Å²) in [6, 6.07) is 11.9. The van der Waals surface area contributed by atoms with Gasteiger partial charge in [-0.25, -0.2) is 19.9 Å². The number of hydrogen-bond acceptors (Lipinski definition) is 7. The highest BCUT2D eigenvalue weighted by Crippen LogP contribution is 2.42. The monoisotopic (exact) mass is 451 g/mol. The summed E-state index contributed by atoms with van der Waals surface area (Å²) in [7, 11) is 0. The smallest absolute Gasteiger partial charge is 0.183 e. The van der Waals surface area contributed by atoms with Crippen LogP contribution in [0.5, 0.6) is 0 Å². The van der Waals surface area contributed by atoms with Crippen molar-refractivity contribution in [3.63, 3.8) is 0 Å². The summed E-state index contributed by atoms with van der Waals surface area (Å²) < 4.78 is 0. The molecule has 0 saturated carbocycles. The van der Waals surface area contributed by atoms with Crippen LogP contribution in [0.15, 0.2) is 53.8 Å². The molecular weight excluding hydrogens is 437 g/mol. The minimum Gasteiger partial charge on any atom is -0.382 e. The maximum absolute atomic E-state index is 12.3. The highest BCUT2D eigenvalue weighted by Gasteiger charge is 2.34. The maximum atomic E-state index is 12.3. The molecule has 2 aromatic carbocycles. The second kappa shape index (κ2) is 7.64. The zero-order valence-corrected chi connectivity index (χ0v) is 17.5. The van der Waals surface area contributed by atoms with Gasteiger partial charge in [-0.15, -0.1) is 0 Å². The number of halogens is 2. The minimum absolute atomic E-state index is 0.203. The molecule has 1 aliphatic heterocycles. The predicted molar refractivity (Wildman–Crippen MR) is 121 cm³/mol. The van der Waals surface area contributed by atoms with Gasteiger partial charge in [0.25, 0.3) is 0 Å². The quantitative estimate of drug-likeness (QED) is 0.447. The molecule has 3 heterocycles. The number of para-hydroxylation sites is 1. The second-order valence-electron chi connectivity index (χ2n) is 6.91. The summed E-state index contributed by atoms with van der Waals surface area (Å²) in [6.07, 6.45) is 2.54. The normalized spacial score (nSPS) is 15.6. The molecule has 0 amide bonds. The zero-order chi connectivity index (χ0) is 21.5. The molecule has 2 aromatic heterocycles. The predicted octanol–water partition coefficient (Wildman–Crippen LogP) is 4.27. The molecule has 0 fully saturated rings. The van der Waals surface area contributed by atoms with Gasteiger partial charge in [0.15, 0.2) is 11.5 Å². The van der Waals surface area contributed by atoms with Crippen LogP contribution in [0.3, 0.4) is 0 Å². The van der Waals surface area contributed by atoms with Gasteiger partial charge in [0, 0.05) is 10.6 Å². The minimum atomic E-state index is -0.720. The van der Waals surface area contributed by atoms with E-state index in [0.29, 0.717) is 49.8 Å². The Morgan fingerprint density at radius 3 is 2.71 bits per heavy atom. The molecule has 1 aliphatic rings. The van der Waals surface area contributed by atoms with Gasteiger partial charge in [0.05, 0.1) is 29.1 Å². The van der Waals surface area contributed by atoms with Crippen LogP contribution in [-0.4, -0.2) is 32.1 Å². The third kappa shape index (κ3) is 3.30. The molecule has 154 valence electrons. The highest BCUT2D eigenvalue weighted by atomic mass is 35.5. The van der Waals surface area contributed by atoms with Crippen molar-refractivity contribution in [1.29, 1.82) is 0 Å². The fourth-order valence-corrected chi connectivity index (χ4v) is 4.22. The number of benzene rings is 2. The number of anilines is 2. The number of amidine groups is 1. The molecule has 31 heavy (non-hydrogen) atoms. The molecule has 0 aliphatic carbocycles. The number of carbonyl (C=O) groups excluding carboxylic acids is 1. The van der Waals surface area contributed by atoms with E-state index in [9.17, 15) is 4.79 Å². The second-order valence-corrected chi connectivity index (χ2v) is 7.72. The number of H-pyrrole nitrogens is 1. The number of aldehydes is 1. The van der Waals surface area contributed by atoms with Gasteiger partial charge >= 0.3 is 0 Å². The van der Waals surface area contributed by atoms with Crippen molar-refractivity contribution in [3.8, 4) is 0 Å². The molecular formula is C21H15Cl2N7O. The Hall–Kier alpha value is -3.49. The lowest BCUT2D eigenvalue weighted by Gasteiger charge is -2.36. The lowest BCUT2D eigenvalue weighted by Crippen LogP contribution is -2.40. The third-order valence-electron chi connectivity index (χ3n) is 5.05. The summed E-state index contributed by atoms with van der Waals surface area (Å²) in [5, 5.41) is 0.925. The first-order valence-corrected chi connectivity index (χ1v) is 10.1. The number of imidazole rings is 1. The largest absolute Gasteiger partial charge is 0.382 e. The molecule has 0 radical (unpaired) electrons. The van der Waals surface area contributed by atoms with Crippen LogP contribution in [0.2, 0.25) is 10.0 Å². The summed E-state index contributed by atoms with van der Waals surface area (Å²) >= 11 is 12.9. The lowest BCUT2D eigenvalue weighted by atomic mass is 10.00. The Bertz CT molecular complexity index is 1350. The fraction of sp³-hybridized carbons (Fsp3) is 0.0952. The maximum Gasteiger partial charge on any atom is 0.183 e. The van der Waals surface area contributed by atoms with Gasteiger partial charge in [-0.1, -0.05) is 41.4 Å². The summed E-state index contributed by atoms with van der Waals surface area (Å²) in [5.41, 5.74) is 8.93. The molecule has 5 rings (SSSR count). The van der Waals surface area contributed by atoms with E-state index in [0.717, 1.165) is 6.29 Å². The first-order chi connectivity index (χ1) is 15.1. The van der Waals surface area contributed by atoms with E-state index in [1.807, 2.05) is 24.3 Å². The Morgan fingerprint density at radius 2 is 1.90 bits per heavy atom. The Morgan fingerprint density at radius 1 is 1.10 bits per heavy atom. The first kappa shape index (κ1) is 19.5. The average Bonchev–Trinajstić information content (AvgIpc) is 3.23. The van der Waals surface area contributed by atoms with E-state index in [2.05, 4.69) is 19.9 Å². The fourth-order valence-electron chi connectivity index (χ4n) is 3.71. The first-order valence-electron chi connectivity index (χ1n) is 9.37. The number of aliphatic imine (C=N–C) groups is 1. The van der Waals surface area contributed by atoms with Gasteiger partial charge in [-0.05, 0) is 24.3 Å².